The number of nitrogens with zero attached hydrogens (tertiary/aromatic N) is 1. The van der Waals surface area contributed by atoms with Crippen LogP contribution < -0.4 is 15.5 Å². The molecule has 0 aromatic heterocycles. The highest BCUT2D eigenvalue weighted by Gasteiger charge is 2.15. The van der Waals surface area contributed by atoms with Crippen LogP contribution in [-0.2, 0) is 6.54 Å². The van der Waals surface area contributed by atoms with Crippen molar-refractivity contribution in [1.82, 2.24) is 10.6 Å². The molecular formula is C16H26FN3O2. The molecule has 1 atom stereocenters. The van der Waals surface area contributed by atoms with E-state index in [0.717, 1.165) is 0 Å². The number of anilines is 1. The van der Waals surface area contributed by atoms with E-state index in [2.05, 4.69) is 10.6 Å². The van der Waals surface area contributed by atoms with Crippen LogP contribution in [-0.4, -0.2) is 37.9 Å². The second-order valence-corrected chi connectivity index (χ2v) is 5.87. The molecule has 0 bridgehead atoms. The van der Waals surface area contributed by atoms with Crippen LogP contribution in [0.3, 0.4) is 0 Å². The van der Waals surface area contributed by atoms with E-state index in [1.165, 1.54) is 6.07 Å². The summed E-state index contributed by atoms with van der Waals surface area (Å²) in [6.45, 7) is 4.24. The Hall–Kier alpha value is -1.82. The van der Waals surface area contributed by atoms with Gasteiger partial charge in [0, 0.05) is 33.3 Å². The van der Waals surface area contributed by atoms with Gasteiger partial charge in [-0.1, -0.05) is 19.9 Å². The number of nitrogens with one attached hydrogen (secondary N) is 2. The monoisotopic (exact) mass is 311 g/mol. The third kappa shape index (κ3) is 5.52. The minimum Gasteiger partial charge on any atom is -0.396 e. The highest BCUT2D eigenvalue weighted by molar-refractivity contribution is 5.74. The molecule has 2 amide bonds. The van der Waals surface area contributed by atoms with Crippen LogP contribution in [0.25, 0.3) is 0 Å². The molecule has 124 valence electrons. The number of amides is 2. The zero-order chi connectivity index (χ0) is 16.7. The van der Waals surface area contributed by atoms with E-state index < -0.39 is 0 Å². The maximum Gasteiger partial charge on any atom is 0.315 e. The van der Waals surface area contributed by atoms with Gasteiger partial charge in [-0.05, 0) is 30.0 Å². The highest BCUT2D eigenvalue weighted by Crippen LogP contribution is 2.18. The maximum atomic E-state index is 13.8. The summed E-state index contributed by atoms with van der Waals surface area (Å²) in [5.74, 6) is -0.0836. The topological polar surface area (TPSA) is 64.6 Å². The molecular weight excluding hydrogens is 285 g/mol. The lowest BCUT2D eigenvalue weighted by molar-refractivity contribution is 0.218. The van der Waals surface area contributed by atoms with E-state index in [1.807, 2.05) is 13.8 Å². The number of halogens is 1. The molecule has 6 heteroatoms. The summed E-state index contributed by atoms with van der Waals surface area (Å²) in [5, 5.41) is 14.5. The molecule has 1 rings (SSSR count). The van der Waals surface area contributed by atoms with Gasteiger partial charge < -0.3 is 20.6 Å². The maximum absolute atomic E-state index is 13.8. The molecule has 0 fully saturated rings. The van der Waals surface area contributed by atoms with Crippen LogP contribution in [0.1, 0.15) is 25.8 Å². The van der Waals surface area contributed by atoms with Gasteiger partial charge in [-0.2, -0.15) is 0 Å². The van der Waals surface area contributed by atoms with Gasteiger partial charge in [0.25, 0.3) is 0 Å². The molecule has 5 nitrogen and oxygen atoms in total. The summed E-state index contributed by atoms with van der Waals surface area (Å²) < 4.78 is 13.8. The number of aliphatic hydroxyl groups excluding tert-OH is 1. The Bertz CT molecular complexity index is 492. The highest BCUT2D eigenvalue weighted by atomic mass is 19.1. The van der Waals surface area contributed by atoms with Crippen molar-refractivity contribution >= 4 is 11.7 Å². The quantitative estimate of drug-likeness (QED) is 0.722. The average molecular weight is 311 g/mol. The van der Waals surface area contributed by atoms with Crippen molar-refractivity contribution in [1.29, 1.82) is 0 Å². The van der Waals surface area contributed by atoms with E-state index >= 15 is 0 Å². The lowest BCUT2D eigenvalue weighted by Gasteiger charge is -2.21. The van der Waals surface area contributed by atoms with E-state index in [9.17, 15) is 9.18 Å². The molecule has 0 spiro atoms. The molecule has 0 heterocycles. The van der Waals surface area contributed by atoms with Gasteiger partial charge in [0.05, 0.1) is 5.69 Å². The fourth-order valence-electron chi connectivity index (χ4n) is 2.14. The van der Waals surface area contributed by atoms with Gasteiger partial charge in [-0.25, -0.2) is 9.18 Å². The first-order chi connectivity index (χ1) is 10.3. The van der Waals surface area contributed by atoms with Crippen molar-refractivity contribution in [3.63, 3.8) is 0 Å². The van der Waals surface area contributed by atoms with E-state index in [4.69, 9.17) is 5.11 Å². The van der Waals surface area contributed by atoms with Gasteiger partial charge >= 0.3 is 6.03 Å². The summed E-state index contributed by atoms with van der Waals surface area (Å²) in [7, 11) is 3.55. The van der Waals surface area contributed by atoms with E-state index in [1.54, 1.807) is 31.1 Å². The smallest absolute Gasteiger partial charge is 0.315 e. The molecule has 22 heavy (non-hydrogen) atoms. The van der Waals surface area contributed by atoms with Crippen molar-refractivity contribution in [2.24, 2.45) is 5.92 Å². The second-order valence-electron chi connectivity index (χ2n) is 5.87. The van der Waals surface area contributed by atoms with Crippen molar-refractivity contribution in [2.45, 2.75) is 32.9 Å². The van der Waals surface area contributed by atoms with E-state index in [-0.39, 0.29) is 37.0 Å². The van der Waals surface area contributed by atoms with Gasteiger partial charge in [0.2, 0.25) is 0 Å². The van der Waals surface area contributed by atoms with Gasteiger partial charge in [0.1, 0.15) is 5.82 Å². The largest absolute Gasteiger partial charge is 0.396 e. The van der Waals surface area contributed by atoms with Crippen LogP contribution in [0.2, 0.25) is 0 Å². The zero-order valence-corrected chi connectivity index (χ0v) is 13.7. The fraction of sp³-hybridized carbons (Fsp3) is 0.562. The molecule has 1 unspecified atom stereocenters. The number of aliphatic hydroxyl groups is 1. The Kier molecular flexibility index (Phi) is 7.11. The van der Waals surface area contributed by atoms with Gasteiger partial charge in [-0.3, -0.25) is 0 Å². The Morgan fingerprint density at radius 2 is 2.05 bits per heavy atom. The Morgan fingerprint density at radius 3 is 2.55 bits per heavy atom. The molecule has 0 radical (unpaired) electrons. The minimum atomic E-state index is -0.316. The SMILES string of the molecule is CC(C)C(CCO)NC(=O)NCc1ccc(N(C)C)c(F)c1. The average Bonchev–Trinajstić information content (AvgIpc) is 2.44. The van der Waals surface area contributed by atoms with Gasteiger partial charge in [0.15, 0.2) is 0 Å². The van der Waals surface area contributed by atoms with Crippen molar-refractivity contribution in [3.05, 3.63) is 29.6 Å². The van der Waals surface area contributed by atoms with Crippen molar-refractivity contribution in [2.75, 3.05) is 25.6 Å². The first kappa shape index (κ1) is 18.2. The number of carbonyl (C=O) groups excluding carboxylic acids is 1. The normalized spacial score (nSPS) is 12.1. The third-order valence-electron chi connectivity index (χ3n) is 3.51. The molecule has 1 aromatic carbocycles. The standard InChI is InChI=1S/C16H26FN3O2/c1-11(2)14(7-8-21)19-16(22)18-10-12-5-6-15(20(3)4)13(17)9-12/h5-6,9,11,14,21H,7-8,10H2,1-4H3,(H2,18,19,22). The number of benzene rings is 1. The predicted molar refractivity (Wildman–Crippen MR) is 86.4 cm³/mol. The molecule has 3 N–H and O–H groups in total. The summed E-state index contributed by atoms with van der Waals surface area (Å²) in [5.41, 5.74) is 1.21. The van der Waals surface area contributed by atoms with E-state index in [0.29, 0.717) is 17.7 Å². The van der Waals surface area contributed by atoms with Gasteiger partial charge in [-0.15, -0.1) is 0 Å². The van der Waals surface area contributed by atoms with Crippen LogP contribution in [0.5, 0.6) is 0 Å². The Labute approximate surface area is 131 Å². The zero-order valence-electron chi connectivity index (χ0n) is 13.7. The number of urea groups is 1. The Morgan fingerprint density at radius 1 is 1.36 bits per heavy atom. The number of hydrogen-bond acceptors (Lipinski definition) is 3. The number of rotatable bonds is 7. The molecule has 0 saturated carbocycles. The molecule has 1 aromatic rings. The van der Waals surface area contributed by atoms with Crippen molar-refractivity contribution in [3.8, 4) is 0 Å². The molecule has 0 aliphatic rings. The summed E-state index contributed by atoms with van der Waals surface area (Å²) in [6, 6.07) is 4.49. The lowest BCUT2D eigenvalue weighted by atomic mass is 10.0. The number of hydrogen-bond donors (Lipinski definition) is 3. The lowest BCUT2D eigenvalue weighted by Crippen LogP contribution is -2.44. The summed E-state index contributed by atoms with van der Waals surface area (Å²) >= 11 is 0. The summed E-state index contributed by atoms with van der Waals surface area (Å²) in [4.78, 5) is 13.6. The van der Waals surface area contributed by atoms with Crippen LogP contribution in [0, 0.1) is 11.7 Å². The molecule has 0 aliphatic heterocycles. The van der Waals surface area contributed by atoms with Crippen LogP contribution in [0.4, 0.5) is 14.9 Å². The fourth-order valence-corrected chi connectivity index (χ4v) is 2.14. The molecule has 0 aliphatic carbocycles. The second kappa shape index (κ2) is 8.58. The number of carbonyl (C=O) groups is 1. The van der Waals surface area contributed by atoms with Crippen LogP contribution in [0.15, 0.2) is 18.2 Å². The minimum absolute atomic E-state index is 0.0281. The van der Waals surface area contributed by atoms with Crippen LogP contribution >= 0.6 is 0 Å². The third-order valence-corrected chi connectivity index (χ3v) is 3.51. The first-order valence-corrected chi connectivity index (χ1v) is 7.46. The Balaban J connectivity index is 2.55. The summed E-state index contributed by atoms with van der Waals surface area (Å²) in [6.07, 6.45) is 0.511. The molecule has 0 saturated heterocycles. The predicted octanol–water partition coefficient (Wildman–Crippen LogP) is 2.10. The first-order valence-electron chi connectivity index (χ1n) is 7.46. The van der Waals surface area contributed by atoms with Crippen molar-refractivity contribution < 1.29 is 14.3 Å².